The van der Waals surface area contributed by atoms with Crippen LogP contribution in [0.15, 0.2) is 0 Å². The predicted molar refractivity (Wildman–Crippen MR) is 153 cm³/mol. The van der Waals surface area contributed by atoms with Crippen LogP contribution in [0.5, 0.6) is 0 Å². The maximum atomic E-state index is 12.2. The van der Waals surface area contributed by atoms with Crippen molar-refractivity contribution >= 4 is 21.9 Å². The monoisotopic (exact) mass is 562 g/mol. The van der Waals surface area contributed by atoms with Crippen LogP contribution in [0.4, 0.5) is 0 Å². The molecule has 4 nitrogen and oxygen atoms in total. The van der Waals surface area contributed by atoms with Crippen molar-refractivity contribution in [2.75, 3.05) is 25.2 Å². The molecule has 0 rings (SSSR count). The average Bonchev–Trinajstić information content (AvgIpc) is 2.78. The zero-order valence-electron chi connectivity index (χ0n) is 24.1. The van der Waals surface area contributed by atoms with Crippen molar-refractivity contribution in [1.82, 2.24) is 0 Å². The molecule has 2 atom stereocenters. The van der Waals surface area contributed by atoms with Gasteiger partial charge in [0.05, 0.1) is 13.0 Å². The van der Waals surface area contributed by atoms with Gasteiger partial charge in [-0.2, -0.15) is 0 Å². The van der Waals surface area contributed by atoms with Gasteiger partial charge in [0.25, 0.3) is 0 Å². The Bertz CT molecular complexity index is 443. The van der Waals surface area contributed by atoms with Gasteiger partial charge in [0.1, 0.15) is 0 Å². The summed E-state index contributed by atoms with van der Waals surface area (Å²) in [5.74, 6) is 2.73. The van der Waals surface area contributed by atoms with Crippen LogP contribution in [0.1, 0.15) is 131 Å². The number of carbonyl (C=O) groups excluding carboxylic acids is 1. The standard InChI is InChI=1S/C30H59BrO4/c1-25(2)13-11-15-27(5)19-23-34-30(35-24-20-28(6)16-12-14-26(3)4)18-17-29(32)33-22-10-8-7-9-21-31/h25-28,30H,7-24H2,1-6H3. The molecule has 0 radical (unpaired) electrons. The number of unbranched alkanes of at least 4 members (excludes halogenated alkanes) is 3. The second-order valence-corrected chi connectivity index (χ2v) is 12.3. The third kappa shape index (κ3) is 25.3. The van der Waals surface area contributed by atoms with E-state index in [2.05, 4.69) is 57.5 Å². The predicted octanol–water partition coefficient (Wildman–Crippen LogP) is 9.33. The van der Waals surface area contributed by atoms with Crippen molar-refractivity contribution in [1.29, 1.82) is 0 Å². The molecule has 0 amide bonds. The average molecular weight is 564 g/mol. The molecule has 0 saturated heterocycles. The number of ether oxygens (including phenoxy) is 3. The first-order valence-electron chi connectivity index (χ1n) is 14.7. The van der Waals surface area contributed by atoms with E-state index in [0.29, 0.717) is 44.5 Å². The Morgan fingerprint density at radius 1 is 0.600 bits per heavy atom. The summed E-state index contributed by atoms with van der Waals surface area (Å²) in [6, 6.07) is 0. The summed E-state index contributed by atoms with van der Waals surface area (Å²) >= 11 is 3.45. The van der Waals surface area contributed by atoms with E-state index in [9.17, 15) is 4.79 Å². The first-order valence-corrected chi connectivity index (χ1v) is 15.8. The SMILES string of the molecule is CC(C)CCCC(C)CCOC(CCC(=O)OCCCCCCBr)OCCC(C)CCCC(C)C. The highest BCUT2D eigenvalue weighted by Crippen LogP contribution is 2.18. The molecule has 0 aromatic rings. The van der Waals surface area contributed by atoms with Gasteiger partial charge in [0.2, 0.25) is 0 Å². The van der Waals surface area contributed by atoms with E-state index in [1.165, 1.54) is 51.4 Å². The third-order valence-electron chi connectivity index (χ3n) is 6.66. The maximum Gasteiger partial charge on any atom is 0.305 e. The van der Waals surface area contributed by atoms with Crippen LogP contribution >= 0.6 is 15.9 Å². The molecule has 210 valence electrons. The number of halogens is 1. The van der Waals surface area contributed by atoms with E-state index >= 15 is 0 Å². The smallest absolute Gasteiger partial charge is 0.305 e. The summed E-state index contributed by atoms with van der Waals surface area (Å²) in [6.45, 7) is 15.7. The molecule has 0 bridgehead atoms. The fourth-order valence-corrected chi connectivity index (χ4v) is 4.49. The number of alkyl halides is 1. The molecule has 0 spiro atoms. The molecular formula is C30H59BrO4. The van der Waals surface area contributed by atoms with Gasteiger partial charge >= 0.3 is 5.97 Å². The number of esters is 1. The summed E-state index contributed by atoms with van der Waals surface area (Å²) in [4.78, 5) is 12.2. The van der Waals surface area contributed by atoms with Gasteiger partial charge in [-0.05, 0) is 49.4 Å². The summed E-state index contributed by atoms with van der Waals surface area (Å²) < 4.78 is 17.7. The van der Waals surface area contributed by atoms with Crippen molar-refractivity contribution in [2.24, 2.45) is 23.7 Å². The fourth-order valence-electron chi connectivity index (χ4n) is 4.10. The minimum absolute atomic E-state index is 0.133. The number of hydrogen-bond acceptors (Lipinski definition) is 4. The lowest BCUT2D eigenvalue weighted by atomic mass is 9.97. The summed E-state index contributed by atoms with van der Waals surface area (Å²) in [7, 11) is 0. The highest BCUT2D eigenvalue weighted by molar-refractivity contribution is 9.09. The van der Waals surface area contributed by atoms with Crippen molar-refractivity contribution < 1.29 is 19.0 Å². The Morgan fingerprint density at radius 2 is 1.11 bits per heavy atom. The van der Waals surface area contributed by atoms with Gasteiger partial charge in [-0.25, -0.2) is 0 Å². The van der Waals surface area contributed by atoms with Gasteiger partial charge in [-0.3, -0.25) is 4.79 Å². The van der Waals surface area contributed by atoms with Gasteiger partial charge in [-0.15, -0.1) is 0 Å². The largest absolute Gasteiger partial charge is 0.466 e. The van der Waals surface area contributed by atoms with E-state index in [4.69, 9.17) is 14.2 Å². The topological polar surface area (TPSA) is 44.8 Å². The maximum absolute atomic E-state index is 12.2. The number of rotatable bonds is 25. The highest BCUT2D eigenvalue weighted by Gasteiger charge is 2.15. The second kappa shape index (κ2) is 24.2. The van der Waals surface area contributed by atoms with E-state index in [-0.39, 0.29) is 12.3 Å². The molecule has 0 aromatic heterocycles. The zero-order chi connectivity index (χ0) is 26.3. The lowest BCUT2D eigenvalue weighted by Crippen LogP contribution is -2.22. The van der Waals surface area contributed by atoms with E-state index < -0.39 is 0 Å². The van der Waals surface area contributed by atoms with Crippen LogP contribution < -0.4 is 0 Å². The Hall–Kier alpha value is -0.130. The molecule has 0 N–H and O–H groups in total. The second-order valence-electron chi connectivity index (χ2n) is 11.5. The molecule has 0 aliphatic heterocycles. The highest BCUT2D eigenvalue weighted by atomic mass is 79.9. The van der Waals surface area contributed by atoms with Crippen LogP contribution in [0.3, 0.4) is 0 Å². The van der Waals surface area contributed by atoms with E-state index in [1.807, 2.05) is 0 Å². The molecule has 0 aromatic carbocycles. The van der Waals surface area contributed by atoms with Gasteiger partial charge in [0, 0.05) is 25.0 Å². The lowest BCUT2D eigenvalue weighted by Gasteiger charge is -2.21. The van der Waals surface area contributed by atoms with Crippen LogP contribution in [-0.2, 0) is 19.0 Å². The molecule has 35 heavy (non-hydrogen) atoms. The summed E-state index contributed by atoms with van der Waals surface area (Å²) in [5.41, 5.74) is 0. The number of carbonyl (C=O) groups is 1. The molecule has 0 aliphatic carbocycles. The van der Waals surface area contributed by atoms with E-state index in [1.54, 1.807) is 0 Å². The molecule has 0 saturated carbocycles. The fraction of sp³-hybridized carbons (Fsp3) is 0.967. The van der Waals surface area contributed by atoms with Crippen molar-refractivity contribution in [2.45, 2.75) is 138 Å². The van der Waals surface area contributed by atoms with Crippen LogP contribution in [0.25, 0.3) is 0 Å². The number of hydrogen-bond donors (Lipinski definition) is 0. The van der Waals surface area contributed by atoms with Gasteiger partial charge in [-0.1, -0.05) is 109 Å². The Morgan fingerprint density at radius 3 is 1.60 bits per heavy atom. The Balaban J connectivity index is 4.32. The molecule has 0 fully saturated rings. The van der Waals surface area contributed by atoms with Gasteiger partial charge in [0.15, 0.2) is 6.29 Å². The minimum atomic E-state index is -0.313. The zero-order valence-corrected chi connectivity index (χ0v) is 25.7. The van der Waals surface area contributed by atoms with Crippen LogP contribution in [-0.4, -0.2) is 37.4 Å². The first-order chi connectivity index (χ1) is 16.7. The molecule has 2 unspecified atom stereocenters. The Kier molecular flexibility index (Phi) is 24.1. The first kappa shape index (κ1) is 34.9. The van der Waals surface area contributed by atoms with Crippen molar-refractivity contribution in [3.05, 3.63) is 0 Å². The van der Waals surface area contributed by atoms with Crippen LogP contribution in [0, 0.1) is 23.7 Å². The van der Waals surface area contributed by atoms with Crippen LogP contribution in [0.2, 0.25) is 0 Å². The van der Waals surface area contributed by atoms with Gasteiger partial charge < -0.3 is 14.2 Å². The molecule has 0 aliphatic rings. The van der Waals surface area contributed by atoms with Crippen molar-refractivity contribution in [3.63, 3.8) is 0 Å². The quantitative estimate of drug-likeness (QED) is 0.0480. The molecule has 5 heteroatoms. The van der Waals surface area contributed by atoms with E-state index in [0.717, 1.165) is 42.8 Å². The van der Waals surface area contributed by atoms with Crippen molar-refractivity contribution in [3.8, 4) is 0 Å². The molecule has 0 heterocycles. The lowest BCUT2D eigenvalue weighted by molar-refractivity contribution is -0.161. The summed E-state index contributed by atoms with van der Waals surface area (Å²) in [5, 5.41) is 1.04. The third-order valence-corrected chi connectivity index (χ3v) is 7.22. The Labute approximate surface area is 227 Å². The molecular weight excluding hydrogens is 504 g/mol. The normalized spacial score (nSPS) is 14.4. The minimum Gasteiger partial charge on any atom is -0.466 e. The summed E-state index contributed by atoms with van der Waals surface area (Å²) in [6.07, 6.45) is 14.8.